The second kappa shape index (κ2) is 6.56. The molecule has 0 aromatic heterocycles. The summed E-state index contributed by atoms with van der Waals surface area (Å²) >= 11 is 0. The molecule has 2 bridgehead atoms. The molecule has 1 aromatic rings. The van der Waals surface area contributed by atoms with E-state index in [0.29, 0.717) is 12.6 Å². The number of piperazine rings is 3. The van der Waals surface area contributed by atoms with Gasteiger partial charge < -0.3 is 10.4 Å². The van der Waals surface area contributed by atoms with E-state index in [1.807, 2.05) is 30.3 Å². The molecule has 1 amide bonds. The van der Waals surface area contributed by atoms with E-state index in [1.54, 1.807) is 0 Å². The summed E-state index contributed by atoms with van der Waals surface area (Å²) in [5.74, 6) is -0.0796. The summed E-state index contributed by atoms with van der Waals surface area (Å²) in [6.07, 6.45) is -0.599. The van der Waals surface area contributed by atoms with Crippen LogP contribution in [0.5, 0.6) is 0 Å². The van der Waals surface area contributed by atoms with E-state index in [9.17, 15) is 9.90 Å². The number of carbonyl (C=O) groups is 1. The van der Waals surface area contributed by atoms with Crippen LogP contribution in [0.1, 0.15) is 18.1 Å². The van der Waals surface area contributed by atoms with Gasteiger partial charge in [0, 0.05) is 45.3 Å². The van der Waals surface area contributed by atoms with Crippen LogP contribution in [0.15, 0.2) is 30.3 Å². The van der Waals surface area contributed by atoms with Gasteiger partial charge >= 0.3 is 0 Å². The molecule has 3 saturated heterocycles. The molecular weight excluding hydrogens is 266 g/mol. The molecule has 114 valence electrons. The molecule has 0 radical (unpaired) electrons. The average Bonchev–Trinajstić information content (AvgIpc) is 2.55. The Labute approximate surface area is 125 Å². The van der Waals surface area contributed by atoms with Crippen LogP contribution in [-0.2, 0) is 4.79 Å². The van der Waals surface area contributed by atoms with Crippen LogP contribution in [0.4, 0.5) is 0 Å². The van der Waals surface area contributed by atoms with Gasteiger partial charge in [-0.1, -0.05) is 30.3 Å². The minimum atomic E-state index is -0.724. The predicted molar refractivity (Wildman–Crippen MR) is 80.8 cm³/mol. The SMILES string of the molecule is O=C(CC(O)c1ccccc1)NCC1CN2CCN1CC2. The van der Waals surface area contributed by atoms with Crippen LogP contribution in [0, 0.1) is 0 Å². The van der Waals surface area contributed by atoms with Gasteiger partial charge in [-0.3, -0.25) is 14.6 Å². The van der Waals surface area contributed by atoms with Gasteiger partial charge in [0.2, 0.25) is 5.91 Å². The summed E-state index contributed by atoms with van der Waals surface area (Å²) in [6.45, 7) is 6.23. The summed E-state index contributed by atoms with van der Waals surface area (Å²) < 4.78 is 0. The number of nitrogens with one attached hydrogen (secondary N) is 1. The summed E-state index contributed by atoms with van der Waals surface area (Å²) in [5.41, 5.74) is 0.791. The Bertz CT molecular complexity index is 472. The quantitative estimate of drug-likeness (QED) is 0.814. The molecule has 3 heterocycles. The number of hydrogen-bond acceptors (Lipinski definition) is 4. The summed E-state index contributed by atoms with van der Waals surface area (Å²) in [4.78, 5) is 16.9. The van der Waals surface area contributed by atoms with Crippen LogP contribution in [-0.4, -0.2) is 66.1 Å². The predicted octanol–water partition coefficient (Wildman–Crippen LogP) is 0.226. The average molecular weight is 289 g/mol. The number of fused-ring (bicyclic) bond motifs is 3. The largest absolute Gasteiger partial charge is 0.388 e. The van der Waals surface area contributed by atoms with Gasteiger partial charge in [0.25, 0.3) is 0 Å². The van der Waals surface area contributed by atoms with Gasteiger partial charge in [0.05, 0.1) is 12.5 Å². The van der Waals surface area contributed by atoms with Crippen molar-refractivity contribution < 1.29 is 9.90 Å². The van der Waals surface area contributed by atoms with Crippen molar-refractivity contribution in [2.45, 2.75) is 18.6 Å². The van der Waals surface area contributed by atoms with Crippen LogP contribution in [0.3, 0.4) is 0 Å². The van der Waals surface area contributed by atoms with Crippen molar-refractivity contribution in [1.29, 1.82) is 0 Å². The minimum absolute atomic E-state index is 0.0796. The molecule has 0 aliphatic carbocycles. The van der Waals surface area contributed by atoms with Gasteiger partial charge in [-0.15, -0.1) is 0 Å². The second-order valence-electron chi connectivity index (χ2n) is 5.93. The van der Waals surface area contributed by atoms with Gasteiger partial charge in [0.1, 0.15) is 0 Å². The van der Waals surface area contributed by atoms with Crippen molar-refractivity contribution >= 4 is 5.91 Å². The third kappa shape index (κ3) is 3.61. The lowest BCUT2D eigenvalue weighted by Gasteiger charge is -2.47. The third-order valence-electron chi connectivity index (χ3n) is 4.49. The van der Waals surface area contributed by atoms with Crippen molar-refractivity contribution in [2.75, 3.05) is 39.3 Å². The zero-order valence-electron chi connectivity index (χ0n) is 12.2. The first-order valence-corrected chi connectivity index (χ1v) is 7.68. The van der Waals surface area contributed by atoms with Gasteiger partial charge in [-0.25, -0.2) is 0 Å². The lowest BCUT2D eigenvalue weighted by Crippen LogP contribution is -2.63. The Hall–Kier alpha value is -1.43. The number of carbonyl (C=O) groups excluding carboxylic acids is 1. The first-order valence-electron chi connectivity index (χ1n) is 7.68. The number of aliphatic hydroxyl groups is 1. The molecule has 0 saturated carbocycles. The maximum absolute atomic E-state index is 12.0. The zero-order valence-corrected chi connectivity index (χ0v) is 12.2. The Morgan fingerprint density at radius 2 is 1.95 bits per heavy atom. The molecule has 3 fully saturated rings. The van der Waals surface area contributed by atoms with Crippen LogP contribution in [0.2, 0.25) is 0 Å². The highest BCUT2D eigenvalue weighted by molar-refractivity contribution is 5.76. The molecule has 5 nitrogen and oxygen atoms in total. The molecule has 4 rings (SSSR count). The van der Waals surface area contributed by atoms with Gasteiger partial charge in [0.15, 0.2) is 0 Å². The van der Waals surface area contributed by atoms with E-state index < -0.39 is 6.10 Å². The molecule has 2 unspecified atom stereocenters. The van der Waals surface area contributed by atoms with Crippen molar-refractivity contribution in [1.82, 2.24) is 15.1 Å². The number of nitrogens with zero attached hydrogens (tertiary/aromatic N) is 2. The maximum atomic E-state index is 12.0. The van der Waals surface area contributed by atoms with E-state index >= 15 is 0 Å². The molecule has 21 heavy (non-hydrogen) atoms. The normalized spacial score (nSPS) is 29.1. The maximum Gasteiger partial charge on any atom is 0.223 e. The first-order chi connectivity index (χ1) is 10.2. The number of rotatable bonds is 5. The molecule has 3 aliphatic heterocycles. The molecule has 2 atom stereocenters. The first kappa shape index (κ1) is 14.5. The monoisotopic (exact) mass is 289 g/mol. The summed E-state index contributed by atoms with van der Waals surface area (Å²) in [6, 6.07) is 9.76. The Balaban J connectivity index is 1.44. The second-order valence-corrected chi connectivity index (χ2v) is 5.93. The van der Waals surface area contributed by atoms with Crippen molar-refractivity contribution in [3.63, 3.8) is 0 Å². The Kier molecular flexibility index (Phi) is 4.53. The summed E-state index contributed by atoms with van der Waals surface area (Å²) in [5, 5.41) is 13.0. The lowest BCUT2D eigenvalue weighted by molar-refractivity contribution is -0.123. The Morgan fingerprint density at radius 1 is 1.24 bits per heavy atom. The van der Waals surface area contributed by atoms with Gasteiger partial charge in [-0.05, 0) is 5.56 Å². The molecule has 3 aliphatic rings. The highest BCUT2D eigenvalue weighted by Crippen LogP contribution is 2.17. The molecule has 1 aromatic carbocycles. The molecule has 0 spiro atoms. The minimum Gasteiger partial charge on any atom is -0.388 e. The van der Waals surface area contributed by atoms with Crippen molar-refractivity contribution in [3.8, 4) is 0 Å². The molecule has 2 N–H and O–H groups in total. The lowest BCUT2D eigenvalue weighted by atomic mass is 10.1. The molecular formula is C16H23N3O2. The summed E-state index contributed by atoms with van der Waals surface area (Å²) in [7, 11) is 0. The standard InChI is InChI=1S/C16H23N3O2/c20-15(13-4-2-1-3-5-13)10-16(21)17-11-14-12-18-6-8-19(14)9-7-18/h1-5,14-15,20H,6-12H2,(H,17,21). The highest BCUT2D eigenvalue weighted by atomic mass is 16.3. The smallest absolute Gasteiger partial charge is 0.223 e. The fourth-order valence-electron chi connectivity index (χ4n) is 3.19. The van der Waals surface area contributed by atoms with E-state index in [4.69, 9.17) is 0 Å². The van der Waals surface area contributed by atoms with E-state index in [2.05, 4.69) is 15.1 Å². The highest BCUT2D eigenvalue weighted by Gasteiger charge is 2.31. The number of amides is 1. The fourth-order valence-corrected chi connectivity index (χ4v) is 3.19. The van der Waals surface area contributed by atoms with Gasteiger partial charge in [-0.2, -0.15) is 0 Å². The number of hydrogen-bond donors (Lipinski definition) is 2. The van der Waals surface area contributed by atoms with Crippen LogP contribution in [0.25, 0.3) is 0 Å². The number of aliphatic hydroxyl groups excluding tert-OH is 1. The zero-order chi connectivity index (χ0) is 14.7. The molecule has 5 heteroatoms. The van der Waals surface area contributed by atoms with Crippen molar-refractivity contribution in [3.05, 3.63) is 35.9 Å². The van der Waals surface area contributed by atoms with Crippen LogP contribution < -0.4 is 5.32 Å². The van der Waals surface area contributed by atoms with E-state index in [1.165, 1.54) is 0 Å². The van der Waals surface area contributed by atoms with E-state index in [-0.39, 0.29) is 12.3 Å². The topological polar surface area (TPSA) is 55.8 Å². The van der Waals surface area contributed by atoms with Crippen molar-refractivity contribution in [2.24, 2.45) is 0 Å². The van der Waals surface area contributed by atoms with E-state index in [0.717, 1.165) is 38.3 Å². The van der Waals surface area contributed by atoms with Crippen LogP contribution >= 0.6 is 0 Å². The number of benzene rings is 1. The fraction of sp³-hybridized carbons (Fsp3) is 0.562. The Morgan fingerprint density at radius 3 is 2.57 bits per heavy atom. The third-order valence-corrected chi connectivity index (χ3v) is 4.49.